The van der Waals surface area contributed by atoms with E-state index in [0.29, 0.717) is 13.1 Å². The van der Waals surface area contributed by atoms with Crippen molar-refractivity contribution in [2.75, 3.05) is 13.1 Å². The molecule has 0 fully saturated rings. The number of hydrogen-bond acceptors (Lipinski definition) is 3. The van der Waals surface area contributed by atoms with Gasteiger partial charge >= 0.3 is 0 Å². The standard InChI is InChI=1S/C12H26N2O2/c1-6-9(3)10(13)11(15)14(7-2)8-12(4,5)16/h9-10,16H,6-8,13H2,1-5H3. The van der Waals surface area contributed by atoms with Crippen molar-refractivity contribution in [3.63, 3.8) is 0 Å². The molecule has 96 valence electrons. The lowest BCUT2D eigenvalue weighted by molar-refractivity contribution is -0.136. The van der Waals surface area contributed by atoms with Gasteiger partial charge in [-0.1, -0.05) is 20.3 Å². The van der Waals surface area contributed by atoms with E-state index < -0.39 is 11.6 Å². The summed E-state index contributed by atoms with van der Waals surface area (Å²) >= 11 is 0. The zero-order chi connectivity index (χ0) is 12.9. The van der Waals surface area contributed by atoms with Gasteiger partial charge in [0.2, 0.25) is 5.91 Å². The summed E-state index contributed by atoms with van der Waals surface area (Å²) in [5, 5.41) is 9.71. The molecule has 0 saturated heterocycles. The Labute approximate surface area is 98.8 Å². The molecule has 0 aromatic heterocycles. The highest BCUT2D eigenvalue weighted by atomic mass is 16.3. The molecule has 0 aromatic carbocycles. The van der Waals surface area contributed by atoms with Crippen LogP contribution in [0.3, 0.4) is 0 Å². The number of nitrogens with two attached hydrogens (primary N) is 1. The molecule has 4 heteroatoms. The first-order valence-electron chi connectivity index (χ1n) is 5.99. The van der Waals surface area contributed by atoms with Crippen LogP contribution in [0.2, 0.25) is 0 Å². The molecule has 0 aliphatic rings. The third kappa shape index (κ3) is 4.94. The monoisotopic (exact) mass is 230 g/mol. The van der Waals surface area contributed by atoms with Gasteiger partial charge in [-0.2, -0.15) is 0 Å². The summed E-state index contributed by atoms with van der Waals surface area (Å²) < 4.78 is 0. The second-order valence-corrected chi connectivity index (χ2v) is 5.08. The molecule has 16 heavy (non-hydrogen) atoms. The van der Waals surface area contributed by atoms with Crippen LogP contribution < -0.4 is 5.73 Å². The average molecular weight is 230 g/mol. The maximum Gasteiger partial charge on any atom is 0.239 e. The fraction of sp³-hybridized carbons (Fsp3) is 0.917. The Morgan fingerprint density at radius 2 is 1.94 bits per heavy atom. The molecule has 3 N–H and O–H groups in total. The molecule has 0 bridgehead atoms. The summed E-state index contributed by atoms with van der Waals surface area (Å²) in [6.07, 6.45) is 0.882. The summed E-state index contributed by atoms with van der Waals surface area (Å²) in [5.74, 6) is 0.0994. The second kappa shape index (κ2) is 6.21. The van der Waals surface area contributed by atoms with Crippen molar-refractivity contribution in [1.82, 2.24) is 4.90 Å². The first-order chi connectivity index (χ1) is 7.22. The van der Waals surface area contributed by atoms with Crippen molar-refractivity contribution in [2.45, 2.75) is 52.7 Å². The maximum atomic E-state index is 12.0. The summed E-state index contributed by atoms with van der Waals surface area (Å²) in [6, 6.07) is -0.465. The molecule has 2 atom stereocenters. The number of amides is 1. The highest BCUT2D eigenvalue weighted by Gasteiger charge is 2.27. The van der Waals surface area contributed by atoms with E-state index in [1.165, 1.54) is 0 Å². The van der Waals surface area contributed by atoms with Crippen molar-refractivity contribution in [1.29, 1.82) is 0 Å². The molecule has 0 heterocycles. The third-order valence-electron chi connectivity index (χ3n) is 2.81. The van der Waals surface area contributed by atoms with Gasteiger partial charge in [-0.25, -0.2) is 0 Å². The summed E-state index contributed by atoms with van der Waals surface area (Å²) in [5.41, 5.74) is 5.02. The van der Waals surface area contributed by atoms with Gasteiger partial charge in [0, 0.05) is 13.1 Å². The van der Waals surface area contributed by atoms with E-state index in [-0.39, 0.29) is 11.8 Å². The molecule has 0 spiro atoms. The largest absolute Gasteiger partial charge is 0.389 e. The van der Waals surface area contributed by atoms with Gasteiger partial charge in [-0.05, 0) is 26.7 Å². The molecule has 0 aliphatic heterocycles. The molecule has 0 rings (SSSR count). The highest BCUT2D eigenvalue weighted by Crippen LogP contribution is 2.11. The average Bonchev–Trinajstić information content (AvgIpc) is 2.21. The second-order valence-electron chi connectivity index (χ2n) is 5.08. The summed E-state index contributed by atoms with van der Waals surface area (Å²) in [6.45, 7) is 10.2. The van der Waals surface area contributed by atoms with E-state index in [0.717, 1.165) is 6.42 Å². The van der Waals surface area contributed by atoms with Crippen LogP contribution in [0.15, 0.2) is 0 Å². The molecule has 0 saturated carbocycles. The molecule has 2 unspecified atom stereocenters. The molecular weight excluding hydrogens is 204 g/mol. The Bertz CT molecular complexity index is 224. The van der Waals surface area contributed by atoms with E-state index in [1.807, 2.05) is 20.8 Å². The van der Waals surface area contributed by atoms with Crippen LogP contribution in [0.5, 0.6) is 0 Å². The smallest absolute Gasteiger partial charge is 0.239 e. The van der Waals surface area contributed by atoms with E-state index >= 15 is 0 Å². The molecule has 0 radical (unpaired) electrons. The Balaban J connectivity index is 4.53. The van der Waals surface area contributed by atoms with Gasteiger partial charge in [0.15, 0.2) is 0 Å². The van der Waals surface area contributed by atoms with E-state index in [1.54, 1.807) is 18.7 Å². The van der Waals surface area contributed by atoms with Crippen LogP contribution in [-0.4, -0.2) is 40.6 Å². The zero-order valence-corrected chi connectivity index (χ0v) is 11.2. The van der Waals surface area contributed by atoms with Crippen LogP contribution >= 0.6 is 0 Å². The number of hydrogen-bond donors (Lipinski definition) is 2. The van der Waals surface area contributed by atoms with Gasteiger partial charge in [-0.3, -0.25) is 4.79 Å². The minimum atomic E-state index is -0.874. The van der Waals surface area contributed by atoms with Crippen LogP contribution in [0.4, 0.5) is 0 Å². The topological polar surface area (TPSA) is 66.6 Å². The van der Waals surface area contributed by atoms with Crippen LogP contribution in [0.1, 0.15) is 41.0 Å². The maximum absolute atomic E-state index is 12.0. The summed E-state index contributed by atoms with van der Waals surface area (Å²) in [7, 11) is 0. The number of nitrogens with zero attached hydrogens (tertiary/aromatic N) is 1. The van der Waals surface area contributed by atoms with Crippen molar-refractivity contribution in [3.05, 3.63) is 0 Å². The minimum absolute atomic E-state index is 0.0704. The van der Waals surface area contributed by atoms with Crippen molar-refractivity contribution in [3.8, 4) is 0 Å². The molecular formula is C12H26N2O2. The number of carbonyl (C=O) groups is 1. The summed E-state index contributed by atoms with van der Waals surface area (Å²) in [4.78, 5) is 13.7. The van der Waals surface area contributed by atoms with Crippen molar-refractivity contribution in [2.24, 2.45) is 11.7 Å². The Hall–Kier alpha value is -0.610. The minimum Gasteiger partial charge on any atom is -0.389 e. The van der Waals surface area contributed by atoms with Gasteiger partial charge < -0.3 is 15.7 Å². The number of likely N-dealkylation sites (N-methyl/N-ethyl adjacent to an activating group) is 1. The highest BCUT2D eigenvalue weighted by molar-refractivity contribution is 5.82. The molecule has 0 aliphatic carbocycles. The molecule has 4 nitrogen and oxygen atoms in total. The quantitative estimate of drug-likeness (QED) is 0.715. The normalized spacial score (nSPS) is 15.7. The van der Waals surface area contributed by atoms with Crippen LogP contribution in [0, 0.1) is 5.92 Å². The first kappa shape index (κ1) is 15.4. The lowest BCUT2D eigenvalue weighted by atomic mass is 9.98. The number of rotatable bonds is 6. The Morgan fingerprint density at radius 1 is 1.44 bits per heavy atom. The first-order valence-corrected chi connectivity index (χ1v) is 5.99. The number of aliphatic hydroxyl groups is 1. The molecule has 1 amide bonds. The van der Waals surface area contributed by atoms with Gasteiger partial charge in [0.05, 0.1) is 11.6 Å². The van der Waals surface area contributed by atoms with E-state index in [2.05, 4.69) is 0 Å². The Morgan fingerprint density at radius 3 is 2.25 bits per heavy atom. The zero-order valence-electron chi connectivity index (χ0n) is 11.2. The van der Waals surface area contributed by atoms with Gasteiger partial charge in [-0.15, -0.1) is 0 Å². The van der Waals surface area contributed by atoms with Gasteiger partial charge in [0.1, 0.15) is 0 Å². The molecule has 0 aromatic rings. The van der Waals surface area contributed by atoms with Crippen LogP contribution in [0.25, 0.3) is 0 Å². The van der Waals surface area contributed by atoms with Crippen LogP contribution in [-0.2, 0) is 4.79 Å². The fourth-order valence-corrected chi connectivity index (χ4v) is 1.52. The Kier molecular flexibility index (Phi) is 5.97. The van der Waals surface area contributed by atoms with Crippen molar-refractivity contribution < 1.29 is 9.90 Å². The van der Waals surface area contributed by atoms with E-state index in [9.17, 15) is 9.90 Å². The predicted molar refractivity (Wildman–Crippen MR) is 66.0 cm³/mol. The van der Waals surface area contributed by atoms with Gasteiger partial charge in [0.25, 0.3) is 0 Å². The number of carbonyl (C=O) groups excluding carboxylic acids is 1. The SMILES string of the molecule is CCC(C)C(N)C(=O)N(CC)CC(C)(C)O. The fourth-order valence-electron chi connectivity index (χ4n) is 1.52. The predicted octanol–water partition coefficient (Wildman–Crippen LogP) is 0.979. The van der Waals surface area contributed by atoms with E-state index in [4.69, 9.17) is 5.73 Å². The third-order valence-corrected chi connectivity index (χ3v) is 2.81. The van der Waals surface area contributed by atoms with Crippen molar-refractivity contribution >= 4 is 5.91 Å². The lowest BCUT2D eigenvalue weighted by Gasteiger charge is -2.31. The lowest BCUT2D eigenvalue weighted by Crippen LogP contribution is -2.51.